The molecule has 0 saturated carbocycles. The quantitative estimate of drug-likeness (QED) is 0.885. The molecule has 1 amide bonds. The molecule has 2 aliphatic heterocycles. The van der Waals surface area contributed by atoms with Gasteiger partial charge in [0.2, 0.25) is 0 Å². The summed E-state index contributed by atoms with van der Waals surface area (Å²) in [6.07, 6.45) is 2.45. The lowest BCUT2D eigenvalue weighted by atomic mass is 9.90. The molecule has 3 heterocycles. The molecule has 4 nitrogen and oxygen atoms in total. The van der Waals surface area contributed by atoms with Gasteiger partial charge in [-0.25, -0.2) is 0 Å². The monoisotopic (exact) mass is 377 g/mol. The molecule has 0 aliphatic carbocycles. The van der Waals surface area contributed by atoms with Crippen molar-refractivity contribution in [2.45, 2.75) is 31.4 Å². The van der Waals surface area contributed by atoms with E-state index in [0.29, 0.717) is 19.8 Å². The second-order valence-electron chi connectivity index (χ2n) is 6.70. The molecule has 2 aliphatic rings. The molecule has 132 valence electrons. The van der Waals surface area contributed by atoms with Crippen molar-refractivity contribution >= 4 is 28.8 Å². The van der Waals surface area contributed by atoms with Crippen LogP contribution in [0.1, 0.15) is 32.1 Å². The molecule has 1 atom stereocenters. The molecule has 4 rings (SSSR count). The number of thiophene rings is 1. The number of benzene rings is 1. The van der Waals surface area contributed by atoms with Crippen LogP contribution in [0, 0.1) is 0 Å². The number of amides is 1. The van der Waals surface area contributed by atoms with Gasteiger partial charge in [-0.1, -0.05) is 23.7 Å². The zero-order valence-electron chi connectivity index (χ0n) is 13.8. The van der Waals surface area contributed by atoms with Gasteiger partial charge in [-0.05, 0) is 42.2 Å². The molecule has 1 saturated heterocycles. The van der Waals surface area contributed by atoms with Crippen molar-refractivity contribution in [2.75, 3.05) is 19.8 Å². The minimum atomic E-state index is -0.355. The van der Waals surface area contributed by atoms with Crippen LogP contribution in [0.25, 0.3) is 0 Å². The zero-order chi connectivity index (χ0) is 17.3. The normalized spacial score (nSPS) is 22.6. The Bertz CT molecular complexity index is 742. The standard InChI is InChI=1S/C19H20ClNO3S/c20-15-3-1-13(2-4-15)10-19(6-8-24-12-19)21-18(22)17-9-14-11-23-7-5-16(14)25-17/h1-4,9H,5-8,10-12H2,(H,21,22)/t19-/m1/s1. The lowest BCUT2D eigenvalue weighted by Gasteiger charge is -2.29. The third-order valence-electron chi connectivity index (χ3n) is 4.79. The summed E-state index contributed by atoms with van der Waals surface area (Å²) in [7, 11) is 0. The number of hydrogen-bond donors (Lipinski definition) is 1. The van der Waals surface area contributed by atoms with Gasteiger partial charge in [-0.3, -0.25) is 4.79 Å². The van der Waals surface area contributed by atoms with E-state index in [-0.39, 0.29) is 11.4 Å². The van der Waals surface area contributed by atoms with Crippen molar-refractivity contribution in [3.8, 4) is 0 Å². The van der Waals surface area contributed by atoms with Gasteiger partial charge < -0.3 is 14.8 Å². The van der Waals surface area contributed by atoms with Crippen LogP contribution in [0.4, 0.5) is 0 Å². The Morgan fingerprint density at radius 3 is 2.80 bits per heavy atom. The summed E-state index contributed by atoms with van der Waals surface area (Å²) < 4.78 is 11.1. The molecular weight excluding hydrogens is 358 g/mol. The Morgan fingerprint density at radius 1 is 1.24 bits per heavy atom. The van der Waals surface area contributed by atoms with Crippen LogP contribution < -0.4 is 5.32 Å². The SMILES string of the molecule is O=C(N[C@@]1(Cc2ccc(Cl)cc2)CCOC1)c1cc2c(s1)CCOC2. The number of hydrogen-bond acceptors (Lipinski definition) is 4. The Labute approximate surface area is 156 Å². The van der Waals surface area contributed by atoms with Gasteiger partial charge in [-0.2, -0.15) is 0 Å². The fourth-order valence-corrected chi connectivity index (χ4v) is 4.61. The lowest BCUT2D eigenvalue weighted by Crippen LogP contribution is -2.50. The number of carbonyl (C=O) groups excluding carboxylic acids is 1. The first-order valence-corrected chi connectivity index (χ1v) is 9.67. The fraction of sp³-hybridized carbons (Fsp3) is 0.421. The van der Waals surface area contributed by atoms with Gasteiger partial charge in [-0.15, -0.1) is 11.3 Å². The Hall–Kier alpha value is -1.40. The molecule has 1 N–H and O–H groups in total. The van der Waals surface area contributed by atoms with Crippen LogP contribution in [0.5, 0.6) is 0 Å². The zero-order valence-corrected chi connectivity index (χ0v) is 15.4. The maximum Gasteiger partial charge on any atom is 0.261 e. The van der Waals surface area contributed by atoms with E-state index >= 15 is 0 Å². The molecule has 6 heteroatoms. The van der Waals surface area contributed by atoms with Crippen molar-refractivity contribution < 1.29 is 14.3 Å². The number of fused-ring (bicyclic) bond motifs is 1. The highest BCUT2D eigenvalue weighted by Crippen LogP contribution is 2.29. The van der Waals surface area contributed by atoms with Crippen LogP contribution in [0.15, 0.2) is 30.3 Å². The van der Waals surface area contributed by atoms with Gasteiger partial charge in [0.15, 0.2) is 0 Å². The van der Waals surface area contributed by atoms with Gasteiger partial charge in [0.05, 0.1) is 30.2 Å². The van der Waals surface area contributed by atoms with Gasteiger partial charge in [0.1, 0.15) is 0 Å². The van der Waals surface area contributed by atoms with E-state index in [9.17, 15) is 4.79 Å². The second kappa shape index (κ2) is 7.08. The lowest BCUT2D eigenvalue weighted by molar-refractivity contribution is 0.0881. The highest BCUT2D eigenvalue weighted by molar-refractivity contribution is 7.14. The van der Waals surface area contributed by atoms with Gasteiger partial charge in [0.25, 0.3) is 5.91 Å². The van der Waals surface area contributed by atoms with Crippen LogP contribution >= 0.6 is 22.9 Å². The van der Waals surface area contributed by atoms with E-state index < -0.39 is 0 Å². The summed E-state index contributed by atoms with van der Waals surface area (Å²) in [5.74, 6) is -0.0149. The van der Waals surface area contributed by atoms with E-state index in [1.165, 1.54) is 4.88 Å². The summed E-state index contributed by atoms with van der Waals surface area (Å²) in [4.78, 5) is 14.9. The minimum absolute atomic E-state index is 0.0149. The minimum Gasteiger partial charge on any atom is -0.379 e. The summed E-state index contributed by atoms with van der Waals surface area (Å²) in [5, 5.41) is 3.97. The molecule has 1 fully saturated rings. The van der Waals surface area contributed by atoms with E-state index in [1.54, 1.807) is 11.3 Å². The Balaban J connectivity index is 1.52. The fourth-order valence-electron chi connectivity index (χ4n) is 3.44. The predicted molar refractivity (Wildman–Crippen MR) is 98.5 cm³/mol. The average molecular weight is 378 g/mol. The maximum atomic E-state index is 12.8. The van der Waals surface area contributed by atoms with E-state index in [0.717, 1.165) is 46.9 Å². The molecule has 0 radical (unpaired) electrons. The molecule has 1 aromatic heterocycles. The predicted octanol–water partition coefficient (Wildman–Crippen LogP) is 3.61. The largest absolute Gasteiger partial charge is 0.379 e. The molecule has 1 aromatic carbocycles. The topological polar surface area (TPSA) is 47.6 Å². The number of rotatable bonds is 4. The van der Waals surface area contributed by atoms with Crippen LogP contribution in [-0.4, -0.2) is 31.3 Å². The van der Waals surface area contributed by atoms with E-state index in [2.05, 4.69) is 5.32 Å². The summed E-state index contributed by atoms with van der Waals surface area (Å²) in [5.41, 5.74) is 1.94. The highest BCUT2D eigenvalue weighted by Gasteiger charge is 2.37. The third kappa shape index (κ3) is 3.75. The number of halogens is 1. The molecule has 0 bridgehead atoms. The van der Waals surface area contributed by atoms with Crippen molar-refractivity contribution in [1.29, 1.82) is 0 Å². The summed E-state index contributed by atoms with van der Waals surface area (Å²) in [6, 6.07) is 9.76. The number of nitrogens with one attached hydrogen (secondary N) is 1. The smallest absolute Gasteiger partial charge is 0.261 e. The molecule has 25 heavy (non-hydrogen) atoms. The van der Waals surface area contributed by atoms with Crippen molar-refractivity contribution in [2.24, 2.45) is 0 Å². The maximum absolute atomic E-state index is 12.8. The summed E-state index contributed by atoms with van der Waals surface area (Å²) >= 11 is 7.56. The molecule has 0 unspecified atom stereocenters. The molecule has 2 aromatic rings. The average Bonchev–Trinajstić information content (AvgIpc) is 3.24. The highest BCUT2D eigenvalue weighted by atomic mass is 35.5. The Kier molecular flexibility index (Phi) is 4.82. The first kappa shape index (κ1) is 17.0. The van der Waals surface area contributed by atoms with Crippen molar-refractivity contribution in [1.82, 2.24) is 5.32 Å². The van der Waals surface area contributed by atoms with Crippen LogP contribution in [0.2, 0.25) is 5.02 Å². The van der Waals surface area contributed by atoms with Gasteiger partial charge >= 0.3 is 0 Å². The second-order valence-corrected chi connectivity index (χ2v) is 8.28. The van der Waals surface area contributed by atoms with E-state index in [4.69, 9.17) is 21.1 Å². The number of carbonyl (C=O) groups is 1. The third-order valence-corrected chi connectivity index (χ3v) is 6.28. The summed E-state index contributed by atoms with van der Waals surface area (Å²) in [6.45, 7) is 2.55. The van der Waals surface area contributed by atoms with Crippen molar-refractivity contribution in [3.05, 3.63) is 56.2 Å². The van der Waals surface area contributed by atoms with Crippen LogP contribution in [0.3, 0.4) is 0 Å². The Morgan fingerprint density at radius 2 is 2.08 bits per heavy atom. The van der Waals surface area contributed by atoms with E-state index in [1.807, 2.05) is 30.3 Å². The first-order chi connectivity index (χ1) is 12.1. The first-order valence-electron chi connectivity index (χ1n) is 8.48. The van der Waals surface area contributed by atoms with Gasteiger partial charge in [0, 0.05) is 22.9 Å². The molecule has 0 spiro atoms. The van der Waals surface area contributed by atoms with Crippen molar-refractivity contribution in [3.63, 3.8) is 0 Å². The molecular formula is C19H20ClNO3S. The van der Waals surface area contributed by atoms with Crippen LogP contribution in [-0.2, 0) is 28.9 Å². The number of ether oxygens (including phenoxy) is 2.